The normalized spacial score (nSPS) is 18.9. The Kier molecular flexibility index (Phi) is 4.27. The Morgan fingerprint density at radius 2 is 2.11 bits per heavy atom. The lowest BCUT2D eigenvalue weighted by Crippen LogP contribution is -2.15. The first kappa shape index (κ1) is 13.4. The van der Waals surface area contributed by atoms with Crippen molar-refractivity contribution in [1.82, 2.24) is 5.32 Å². The minimum Gasteiger partial charge on any atom is -0.490 e. The van der Waals surface area contributed by atoms with Gasteiger partial charge in [0.05, 0.1) is 21.6 Å². The summed E-state index contributed by atoms with van der Waals surface area (Å²) in [5.41, 5.74) is -0.139. The van der Waals surface area contributed by atoms with Crippen molar-refractivity contribution in [3.8, 4) is 5.75 Å². The molecule has 0 saturated carbocycles. The summed E-state index contributed by atoms with van der Waals surface area (Å²) in [5.74, 6) is 0.739. The highest BCUT2D eigenvalue weighted by molar-refractivity contribution is 6.37. The van der Waals surface area contributed by atoms with Crippen LogP contribution in [0, 0.1) is 16.0 Å². The third kappa shape index (κ3) is 3.04. The molecule has 1 aromatic carbocycles. The Bertz CT molecular complexity index is 439. The molecule has 0 bridgehead atoms. The molecule has 98 valence electrons. The van der Waals surface area contributed by atoms with Gasteiger partial charge in [0.25, 0.3) is 5.69 Å². The van der Waals surface area contributed by atoms with Gasteiger partial charge in [0.2, 0.25) is 0 Å². The largest absolute Gasteiger partial charge is 0.490 e. The number of benzene rings is 1. The molecule has 0 amide bonds. The van der Waals surface area contributed by atoms with Crippen LogP contribution in [0.25, 0.3) is 0 Å². The molecule has 1 fully saturated rings. The number of nitro benzene ring substituents is 1. The Balaban J connectivity index is 2.10. The predicted octanol–water partition coefficient (Wildman–Crippen LogP) is 2.89. The van der Waals surface area contributed by atoms with E-state index in [2.05, 4.69) is 5.32 Å². The quantitative estimate of drug-likeness (QED) is 0.684. The lowest BCUT2D eigenvalue weighted by molar-refractivity contribution is -0.384. The molecule has 0 aromatic heterocycles. The Morgan fingerprint density at radius 1 is 1.44 bits per heavy atom. The van der Waals surface area contributed by atoms with E-state index in [1.807, 2.05) is 0 Å². The van der Waals surface area contributed by atoms with Gasteiger partial charge >= 0.3 is 0 Å². The molecule has 1 atom stereocenters. The van der Waals surface area contributed by atoms with Crippen LogP contribution >= 0.6 is 23.2 Å². The van der Waals surface area contributed by atoms with Crippen molar-refractivity contribution in [3.63, 3.8) is 0 Å². The van der Waals surface area contributed by atoms with Crippen LogP contribution in [0.15, 0.2) is 12.1 Å². The van der Waals surface area contributed by atoms with Gasteiger partial charge in [-0.3, -0.25) is 10.1 Å². The number of nitro groups is 1. The molecule has 1 N–H and O–H groups in total. The fraction of sp³-hybridized carbons (Fsp3) is 0.455. The van der Waals surface area contributed by atoms with Gasteiger partial charge in [0, 0.05) is 24.6 Å². The number of nitrogens with zero attached hydrogens (tertiary/aromatic N) is 1. The van der Waals surface area contributed by atoms with Crippen LogP contribution in [-0.4, -0.2) is 24.6 Å². The first-order chi connectivity index (χ1) is 8.58. The lowest BCUT2D eigenvalue weighted by Gasteiger charge is -2.13. The molecular weight excluding hydrogens is 279 g/mol. The van der Waals surface area contributed by atoms with Crippen LogP contribution < -0.4 is 10.1 Å². The molecule has 1 saturated heterocycles. The molecule has 2 rings (SSSR count). The van der Waals surface area contributed by atoms with Crippen molar-refractivity contribution in [2.45, 2.75) is 6.42 Å². The Morgan fingerprint density at radius 3 is 2.61 bits per heavy atom. The van der Waals surface area contributed by atoms with Crippen LogP contribution in [0.3, 0.4) is 0 Å². The molecule has 7 heteroatoms. The molecule has 5 nitrogen and oxygen atoms in total. The minimum atomic E-state index is -0.539. The first-order valence-corrected chi connectivity index (χ1v) is 6.30. The standard InChI is InChI=1S/C11H12Cl2N2O3/c12-9-3-8(15(16)17)4-10(13)11(9)18-6-7-1-2-14-5-7/h3-4,7,14H,1-2,5-6H2. The second-order valence-corrected chi connectivity index (χ2v) is 4.98. The highest BCUT2D eigenvalue weighted by Gasteiger charge is 2.19. The van der Waals surface area contributed by atoms with Crippen LogP contribution in [-0.2, 0) is 0 Å². The predicted molar refractivity (Wildman–Crippen MR) is 69.6 cm³/mol. The summed E-state index contributed by atoms with van der Waals surface area (Å²) in [6.45, 7) is 2.39. The molecular formula is C11H12Cl2N2O3. The molecule has 18 heavy (non-hydrogen) atoms. The summed E-state index contributed by atoms with van der Waals surface area (Å²) < 4.78 is 5.56. The summed E-state index contributed by atoms with van der Waals surface area (Å²) in [6.07, 6.45) is 1.04. The van der Waals surface area contributed by atoms with E-state index in [-0.39, 0.29) is 15.7 Å². The summed E-state index contributed by atoms with van der Waals surface area (Å²) in [7, 11) is 0. The molecule has 0 spiro atoms. The second-order valence-electron chi connectivity index (χ2n) is 4.17. The number of non-ortho nitro benzene ring substituents is 1. The van der Waals surface area contributed by atoms with Crippen molar-refractivity contribution in [3.05, 3.63) is 32.3 Å². The van der Waals surface area contributed by atoms with Gasteiger partial charge in [-0.05, 0) is 13.0 Å². The molecule has 0 aliphatic carbocycles. The molecule has 1 aromatic rings. The van der Waals surface area contributed by atoms with Crippen molar-refractivity contribution >= 4 is 28.9 Å². The Labute approximate surface area is 114 Å². The van der Waals surface area contributed by atoms with Crippen molar-refractivity contribution in [2.24, 2.45) is 5.92 Å². The third-order valence-electron chi connectivity index (χ3n) is 2.82. The van der Waals surface area contributed by atoms with E-state index in [9.17, 15) is 10.1 Å². The van der Waals surface area contributed by atoms with Gasteiger partial charge in [-0.15, -0.1) is 0 Å². The number of hydrogen-bond acceptors (Lipinski definition) is 4. The van der Waals surface area contributed by atoms with E-state index in [0.29, 0.717) is 18.3 Å². The van der Waals surface area contributed by atoms with Gasteiger partial charge in [0.1, 0.15) is 0 Å². The first-order valence-electron chi connectivity index (χ1n) is 5.55. The molecule has 1 heterocycles. The molecule has 1 aliphatic rings. The summed E-state index contributed by atoms with van der Waals surface area (Å²) in [4.78, 5) is 10.1. The maximum atomic E-state index is 10.6. The lowest BCUT2D eigenvalue weighted by atomic mass is 10.1. The number of halogens is 2. The van der Waals surface area contributed by atoms with E-state index >= 15 is 0 Å². The number of ether oxygens (including phenoxy) is 1. The SMILES string of the molecule is O=[N+]([O-])c1cc(Cl)c(OCC2CCNC2)c(Cl)c1. The zero-order chi connectivity index (χ0) is 13.1. The average Bonchev–Trinajstić information content (AvgIpc) is 2.80. The molecule has 0 radical (unpaired) electrons. The fourth-order valence-electron chi connectivity index (χ4n) is 1.85. The van der Waals surface area contributed by atoms with Crippen molar-refractivity contribution < 1.29 is 9.66 Å². The number of rotatable bonds is 4. The van der Waals surface area contributed by atoms with E-state index in [0.717, 1.165) is 19.5 Å². The van der Waals surface area contributed by atoms with E-state index in [1.54, 1.807) is 0 Å². The smallest absolute Gasteiger partial charge is 0.272 e. The van der Waals surface area contributed by atoms with Crippen LogP contribution in [0.5, 0.6) is 5.75 Å². The zero-order valence-electron chi connectivity index (χ0n) is 9.49. The van der Waals surface area contributed by atoms with Crippen molar-refractivity contribution in [2.75, 3.05) is 19.7 Å². The Hall–Kier alpha value is -1.04. The number of hydrogen-bond donors (Lipinski definition) is 1. The summed E-state index contributed by atoms with van der Waals surface area (Å²) in [5, 5.41) is 14.2. The second kappa shape index (κ2) is 5.73. The average molecular weight is 291 g/mol. The summed E-state index contributed by atoms with van der Waals surface area (Å²) in [6, 6.07) is 2.49. The van der Waals surface area contributed by atoms with Gasteiger partial charge < -0.3 is 10.1 Å². The highest BCUT2D eigenvalue weighted by Crippen LogP contribution is 2.37. The monoisotopic (exact) mass is 290 g/mol. The van der Waals surface area contributed by atoms with Gasteiger partial charge in [-0.1, -0.05) is 23.2 Å². The van der Waals surface area contributed by atoms with Crippen LogP contribution in [0.1, 0.15) is 6.42 Å². The summed E-state index contributed by atoms with van der Waals surface area (Å²) >= 11 is 11.9. The maximum absolute atomic E-state index is 10.6. The van der Waals surface area contributed by atoms with Gasteiger partial charge in [-0.2, -0.15) is 0 Å². The van der Waals surface area contributed by atoms with Crippen LogP contribution in [0.4, 0.5) is 5.69 Å². The minimum absolute atomic E-state index is 0.139. The van der Waals surface area contributed by atoms with Gasteiger partial charge in [0.15, 0.2) is 5.75 Å². The fourth-order valence-corrected chi connectivity index (χ4v) is 2.43. The van der Waals surface area contributed by atoms with Crippen molar-refractivity contribution in [1.29, 1.82) is 0 Å². The van der Waals surface area contributed by atoms with Gasteiger partial charge in [-0.25, -0.2) is 0 Å². The van der Waals surface area contributed by atoms with Crippen LogP contribution in [0.2, 0.25) is 10.0 Å². The molecule has 1 unspecified atom stereocenters. The topological polar surface area (TPSA) is 64.4 Å². The zero-order valence-corrected chi connectivity index (χ0v) is 11.0. The number of nitrogens with one attached hydrogen (secondary N) is 1. The third-order valence-corrected chi connectivity index (χ3v) is 3.38. The highest BCUT2D eigenvalue weighted by atomic mass is 35.5. The molecule has 1 aliphatic heterocycles. The van der Waals surface area contributed by atoms with E-state index in [1.165, 1.54) is 12.1 Å². The van der Waals surface area contributed by atoms with E-state index < -0.39 is 4.92 Å². The van der Waals surface area contributed by atoms with E-state index in [4.69, 9.17) is 27.9 Å². The maximum Gasteiger partial charge on any atom is 0.272 e.